The number of nitrogens with one attached hydrogen (secondary N) is 2. The summed E-state index contributed by atoms with van der Waals surface area (Å²) < 4.78 is 1.85. The Hall–Kier alpha value is -1.51. The monoisotopic (exact) mass is 531 g/mol. The van der Waals surface area contributed by atoms with Crippen LogP contribution in [0.15, 0.2) is 47.6 Å². The first-order chi connectivity index (χ1) is 13.1. The number of hydrogen-bond donors (Lipinski definition) is 2. The molecule has 150 valence electrons. The molecule has 0 unspecified atom stereocenters. The van der Waals surface area contributed by atoms with Gasteiger partial charge in [0.2, 0.25) is 0 Å². The van der Waals surface area contributed by atoms with Gasteiger partial charge in [-0.3, -0.25) is 4.98 Å². The highest BCUT2D eigenvalue weighted by Crippen LogP contribution is 2.25. The number of para-hydroxylation sites is 1. The summed E-state index contributed by atoms with van der Waals surface area (Å²) >= 11 is 12.2. The van der Waals surface area contributed by atoms with Gasteiger partial charge in [0.15, 0.2) is 5.96 Å². The van der Waals surface area contributed by atoms with Gasteiger partial charge < -0.3 is 15.2 Å². The van der Waals surface area contributed by atoms with Crippen LogP contribution in [0.2, 0.25) is 10.2 Å². The molecule has 0 radical (unpaired) electrons. The molecule has 8 heteroatoms. The molecule has 2 aromatic heterocycles. The van der Waals surface area contributed by atoms with Crippen molar-refractivity contribution in [1.82, 2.24) is 20.2 Å². The van der Waals surface area contributed by atoms with Gasteiger partial charge in [-0.25, -0.2) is 4.99 Å². The first-order valence-electron chi connectivity index (χ1n) is 8.94. The van der Waals surface area contributed by atoms with Gasteiger partial charge in [0.25, 0.3) is 0 Å². The highest BCUT2D eigenvalue weighted by molar-refractivity contribution is 14.0. The van der Waals surface area contributed by atoms with Crippen molar-refractivity contribution in [3.8, 4) is 0 Å². The van der Waals surface area contributed by atoms with Crippen molar-refractivity contribution in [1.29, 1.82) is 0 Å². The van der Waals surface area contributed by atoms with Gasteiger partial charge >= 0.3 is 0 Å². The van der Waals surface area contributed by atoms with Crippen LogP contribution in [0.5, 0.6) is 0 Å². The molecule has 0 aliphatic heterocycles. The zero-order chi connectivity index (χ0) is 19.2. The van der Waals surface area contributed by atoms with Crippen molar-refractivity contribution in [3.63, 3.8) is 0 Å². The summed E-state index contributed by atoms with van der Waals surface area (Å²) in [6.07, 6.45) is 2.70. The lowest BCUT2D eigenvalue weighted by atomic mass is 10.1. The number of nitrogens with zero attached hydrogens (tertiary/aromatic N) is 3. The first kappa shape index (κ1) is 22.8. The quantitative estimate of drug-likeness (QED) is 0.273. The van der Waals surface area contributed by atoms with Crippen LogP contribution in [0.3, 0.4) is 0 Å². The number of halogens is 3. The number of hydrogen-bond acceptors (Lipinski definition) is 2. The van der Waals surface area contributed by atoms with E-state index in [1.54, 1.807) is 0 Å². The average Bonchev–Trinajstić information content (AvgIpc) is 2.93. The maximum absolute atomic E-state index is 6.12. The van der Waals surface area contributed by atoms with Gasteiger partial charge in [0.1, 0.15) is 5.15 Å². The molecule has 3 aromatic rings. The number of rotatable bonds is 6. The standard InChI is InChI=1S/C20H23Cl2N5.HI/c1-3-23-20(26-13-16-12-17(21)19(22)27(16)2)25-11-9-15-7-4-6-14-8-5-10-24-18(14)15;/h4-8,10,12H,3,9,11,13H2,1-2H3,(H2,23,25,26);1H. The molecule has 5 nitrogen and oxygen atoms in total. The summed E-state index contributed by atoms with van der Waals surface area (Å²) in [6.45, 7) is 4.09. The summed E-state index contributed by atoms with van der Waals surface area (Å²) in [5.74, 6) is 0.763. The van der Waals surface area contributed by atoms with Crippen molar-refractivity contribution in [2.75, 3.05) is 13.1 Å². The summed E-state index contributed by atoms with van der Waals surface area (Å²) in [7, 11) is 1.88. The van der Waals surface area contributed by atoms with Crippen LogP contribution in [-0.4, -0.2) is 28.6 Å². The second kappa shape index (κ2) is 10.9. The molecular weight excluding hydrogens is 508 g/mol. The smallest absolute Gasteiger partial charge is 0.191 e. The molecule has 28 heavy (non-hydrogen) atoms. The molecule has 0 spiro atoms. The molecule has 0 aliphatic carbocycles. The predicted molar refractivity (Wildman–Crippen MR) is 129 cm³/mol. The Labute approximate surface area is 192 Å². The van der Waals surface area contributed by atoms with E-state index in [0.29, 0.717) is 16.7 Å². The second-order valence-electron chi connectivity index (χ2n) is 6.20. The fraction of sp³-hybridized carbons (Fsp3) is 0.300. The molecule has 0 saturated carbocycles. The lowest BCUT2D eigenvalue weighted by Crippen LogP contribution is -2.38. The number of aliphatic imine (C=N–C) groups is 1. The van der Waals surface area contributed by atoms with Gasteiger partial charge in [-0.05, 0) is 31.0 Å². The third-order valence-corrected chi connectivity index (χ3v) is 5.20. The molecule has 3 rings (SSSR count). The molecule has 2 heterocycles. The van der Waals surface area contributed by atoms with Crippen LogP contribution in [0.25, 0.3) is 10.9 Å². The van der Waals surface area contributed by atoms with Crippen LogP contribution in [0.1, 0.15) is 18.2 Å². The van der Waals surface area contributed by atoms with Gasteiger partial charge in [0, 0.05) is 37.4 Å². The van der Waals surface area contributed by atoms with Crippen molar-refractivity contribution in [2.24, 2.45) is 12.0 Å². The molecule has 1 aromatic carbocycles. The fourth-order valence-electron chi connectivity index (χ4n) is 2.93. The van der Waals surface area contributed by atoms with Crippen LogP contribution in [-0.2, 0) is 20.0 Å². The number of benzene rings is 1. The van der Waals surface area contributed by atoms with E-state index >= 15 is 0 Å². The van der Waals surface area contributed by atoms with Crippen LogP contribution in [0, 0.1) is 0 Å². The molecule has 0 fully saturated rings. The minimum absolute atomic E-state index is 0. The number of fused-ring (bicyclic) bond motifs is 1. The molecule has 0 atom stereocenters. The minimum atomic E-state index is 0. The van der Waals surface area contributed by atoms with Crippen LogP contribution in [0.4, 0.5) is 0 Å². The Kier molecular flexibility index (Phi) is 8.85. The fourth-order valence-corrected chi connectivity index (χ4v) is 3.34. The van der Waals surface area contributed by atoms with Crippen LogP contribution < -0.4 is 10.6 Å². The largest absolute Gasteiger partial charge is 0.357 e. The second-order valence-corrected chi connectivity index (χ2v) is 6.96. The molecule has 0 bridgehead atoms. The predicted octanol–water partition coefficient (Wildman–Crippen LogP) is 4.80. The topological polar surface area (TPSA) is 54.2 Å². The van der Waals surface area contributed by atoms with E-state index in [0.717, 1.165) is 42.1 Å². The normalized spacial score (nSPS) is 11.4. The maximum Gasteiger partial charge on any atom is 0.191 e. The Morgan fingerprint density at radius 3 is 2.68 bits per heavy atom. The van der Waals surface area contributed by atoms with Gasteiger partial charge in [0.05, 0.1) is 17.1 Å². The van der Waals surface area contributed by atoms with Crippen molar-refractivity contribution in [2.45, 2.75) is 19.9 Å². The third-order valence-electron chi connectivity index (χ3n) is 4.36. The number of guanidine groups is 1. The summed E-state index contributed by atoms with van der Waals surface area (Å²) in [4.78, 5) is 9.14. The average molecular weight is 532 g/mol. The third kappa shape index (κ3) is 5.52. The van der Waals surface area contributed by atoms with E-state index in [2.05, 4.69) is 44.9 Å². The molecular formula is C20H24Cl2IN5. The summed E-state index contributed by atoms with van der Waals surface area (Å²) in [6, 6.07) is 12.2. The summed E-state index contributed by atoms with van der Waals surface area (Å²) in [5.41, 5.74) is 3.23. The summed E-state index contributed by atoms with van der Waals surface area (Å²) in [5, 5.41) is 8.88. The number of aromatic nitrogens is 2. The van der Waals surface area contributed by atoms with E-state index in [1.807, 2.05) is 36.9 Å². The number of pyridine rings is 1. The van der Waals surface area contributed by atoms with E-state index < -0.39 is 0 Å². The lowest BCUT2D eigenvalue weighted by molar-refractivity contribution is 0.780. The van der Waals surface area contributed by atoms with E-state index in [9.17, 15) is 0 Å². The molecule has 2 N–H and O–H groups in total. The van der Waals surface area contributed by atoms with Crippen molar-refractivity contribution >= 4 is 64.0 Å². The lowest BCUT2D eigenvalue weighted by Gasteiger charge is -2.12. The highest BCUT2D eigenvalue weighted by atomic mass is 127. The van der Waals surface area contributed by atoms with E-state index in [4.69, 9.17) is 23.2 Å². The Morgan fingerprint density at radius 1 is 1.18 bits per heavy atom. The Morgan fingerprint density at radius 2 is 1.96 bits per heavy atom. The van der Waals surface area contributed by atoms with Crippen molar-refractivity contribution in [3.05, 3.63) is 64.0 Å². The van der Waals surface area contributed by atoms with E-state index in [1.165, 1.54) is 5.56 Å². The maximum atomic E-state index is 6.12. The van der Waals surface area contributed by atoms with Gasteiger partial charge in [-0.1, -0.05) is 47.5 Å². The SMILES string of the molecule is CCNC(=NCc1cc(Cl)c(Cl)n1C)NCCc1cccc2cccnc12.I. The molecule has 0 saturated heterocycles. The Balaban J connectivity index is 0.00000280. The van der Waals surface area contributed by atoms with Crippen LogP contribution >= 0.6 is 47.2 Å². The molecule has 0 amide bonds. The first-order valence-corrected chi connectivity index (χ1v) is 9.70. The zero-order valence-electron chi connectivity index (χ0n) is 15.9. The van der Waals surface area contributed by atoms with E-state index in [-0.39, 0.29) is 24.0 Å². The zero-order valence-corrected chi connectivity index (χ0v) is 19.7. The highest BCUT2D eigenvalue weighted by Gasteiger charge is 2.09. The Bertz CT molecular complexity index is 950. The minimum Gasteiger partial charge on any atom is -0.357 e. The van der Waals surface area contributed by atoms with Gasteiger partial charge in [-0.15, -0.1) is 24.0 Å². The van der Waals surface area contributed by atoms with Crippen molar-refractivity contribution < 1.29 is 0 Å². The van der Waals surface area contributed by atoms with Gasteiger partial charge in [-0.2, -0.15) is 0 Å². The molecule has 0 aliphatic rings.